The number of rotatable bonds is 5. The van der Waals surface area contributed by atoms with Crippen LogP contribution in [-0.4, -0.2) is 60.0 Å². The Balaban J connectivity index is 1.77. The van der Waals surface area contributed by atoms with E-state index in [1.165, 1.54) is 4.90 Å². The number of nitrogens with zero attached hydrogens (tertiary/aromatic N) is 1. The number of Topliss-reactive ketones (excluding diaryl/α,β-unsaturated/α-hetero) is 1. The third-order valence-corrected chi connectivity index (χ3v) is 4.89. The molecule has 0 radical (unpaired) electrons. The number of benzene rings is 1. The third-order valence-electron chi connectivity index (χ3n) is 4.89. The number of nitrogen functional groups attached to an aromatic ring is 1. The SMILES string of the molecule is CC(C)C[C@H](NC(=O)c1ccc(N)cc1)C(=O)N1C[C@H](F)[C@H]2OCC(=O)[C@H]21. The molecule has 2 fully saturated rings. The van der Waals surface area contributed by atoms with Gasteiger partial charge in [0, 0.05) is 11.3 Å². The van der Waals surface area contributed by atoms with E-state index in [4.69, 9.17) is 10.5 Å². The fourth-order valence-electron chi connectivity index (χ4n) is 3.59. The number of ketones is 1. The highest BCUT2D eigenvalue weighted by Crippen LogP contribution is 2.30. The summed E-state index contributed by atoms with van der Waals surface area (Å²) in [4.78, 5) is 38.9. The molecular formula is C19H24FN3O4. The molecule has 3 rings (SSSR count). The van der Waals surface area contributed by atoms with Crippen LogP contribution in [0.3, 0.4) is 0 Å². The van der Waals surface area contributed by atoms with E-state index in [0.717, 1.165) is 0 Å². The zero-order valence-corrected chi connectivity index (χ0v) is 15.4. The van der Waals surface area contributed by atoms with Crippen LogP contribution in [-0.2, 0) is 14.3 Å². The first-order chi connectivity index (χ1) is 12.8. The highest BCUT2D eigenvalue weighted by atomic mass is 19.1. The van der Waals surface area contributed by atoms with Gasteiger partial charge in [-0.3, -0.25) is 14.4 Å². The predicted molar refractivity (Wildman–Crippen MR) is 96.7 cm³/mol. The van der Waals surface area contributed by atoms with Crippen LogP contribution in [0.5, 0.6) is 0 Å². The maximum atomic E-state index is 14.2. The largest absolute Gasteiger partial charge is 0.399 e. The van der Waals surface area contributed by atoms with E-state index in [1.807, 2.05) is 13.8 Å². The van der Waals surface area contributed by atoms with Gasteiger partial charge in [-0.2, -0.15) is 0 Å². The number of anilines is 1. The topological polar surface area (TPSA) is 102 Å². The first kappa shape index (κ1) is 19.3. The molecule has 4 atom stereocenters. The first-order valence-corrected chi connectivity index (χ1v) is 9.03. The molecule has 0 aliphatic carbocycles. The van der Waals surface area contributed by atoms with Gasteiger partial charge in [-0.15, -0.1) is 0 Å². The van der Waals surface area contributed by atoms with Crippen molar-refractivity contribution in [1.29, 1.82) is 0 Å². The van der Waals surface area contributed by atoms with Gasteiger partial charge in [-0.05, 0) is 36.6 Å². The van der Waals surface area contributed by atoms with Crippen molar-refractivity contribution in [3.63, 3.8) is 0 Å². The molecule has 3 N–H and O–H groups in total. The van der Waals surface area contributed by atoms with Crippen LogP contribution in [0.15, 0.2) is 24.3 Å². The Kier molecular flexibility index (Phi) is 5.46. The van der Waals surface area contributed by atoms with Gasteiger partial charge >= 0.3 is 0 Å². The van der Waals surface area contributed by atoms with Crippen molar-refractivity contribution in [1.82, 2.24) is 10.2 Å². The van der Waals surface area contributed by atoms with Crippen molar-refractivity contribution in [2.24, 2.45) is 5.92 Å². The van der Waals surface area contributed by atoms with Gasteiger partial charge in [0.2, 0.25) is 5.91 Å². The number of likely N-dealkylation sites (tertiary alicyclic amines) is 1. The monoisotopic (exact) mass is 377 g/mol. The molecule has 7 nitrogen and oxygen atoms in total. The number of ether oxygens (including phenoxy) is 1. The van der Waals surface area contributed by atoms with E-state index in [0.29, 0.717) is 17.7 Å². The van der Waals surface area contributed by atoms with Gasteiger partial charge in [-0.25, -0.2) is 4.39 Å². The minimum Gasteiger partial charge on any atom is -0.399 e. The molecule has 8 heteroatoms. The number of amides is 2. The average molecular weight is 377 g/mol. The van der Waals surface area contributed by atoms with Crippen molar-refractivity contribution >= 4 is 23.3 Å². The second-order valence-corrected chi connectivity index (χ2v) is 7.47. The predicted octanol–water partition coefficient (Wildman–Crippen LogP) is 0.930. The molecule has 0 saturated carbocycles. The lowest BCUT2D eigenvalue weighted by molar-refractivity contribution is -0.138. The zero-order valence-electron chi connectivity index (χ0n) is 15.4. The van der Waals surface area contributed by atoms with Crippen molar-refractivity contribution in [3.8, 4) is 0 Å². The summed E-state index contributed by atoms with van der Waals surface area (Å²) in [5.74, 6) is -1.07. The number of halogens is 1. The number of nitrogens with one attached hydrogen (secondary N) is 1. The Morgan fingerprint density at radius 1 is 1.33 bits per heavy atom. The van der Waals surface area contributed by atoms with Crippen molar-refractivity contribution in [3.05, 3.63) is 29.8 Å². The molecule has 1 aromatic carbocycles. The minimum atomic E-state index is -1.40. The second kappa shape index (κ2) is 7.64. The summed E-state index contributed by atoms with van der Waals surface area (Å²) >= 11 is 0. The van der Waals surface area contributed by atoms with Gasteiger partial charge in [0.1, 0.15) is 31.0 Å². The summed E-state index contributed by atoms with van der Waals surface area (Å²) in [6.45, 7) is 3.45. The normalized spacial score (nSPS) is 25.6. The van der Waals surface area contributed by atoms with Gasteiger partial charge in [-0.1, -0.05) is 13.8 Å². The quantitative estimate of drug-likeness (QED) is 0.744. The van der Waals surface area contributed by atoms with Crippen LogP contribution in [0.2, 0.25) is 0 Å². The van der Waals surface area contributed by atoms with Gasteiger partial charge in [0.25, 0.3) is 5.91 Å². The molecule has 0 aromatic heterocycles. The van der Waals surface area contributed by atoms with Crippen LogP contribution in [0.1, 0.15) is 30.6 Å². The lowest BCUT2D eigenvalue weighted by atomic mass is 10.0. The number of nitrogens with two attached hydrogens (primary N) is 1. The summed E-state index contributed by atoms with van der Waals surface area (Å²) in [5, 5.41) is 2.72. The number of alkyl halides is 1. The van der Waals surface area contributed by atoms with E-state index >= 15 is 0 Å². The molecule has 0 spiro atoms. The molecule has 2 amide bonds. The molecule has 0 bridgehead atoms. The Hall–Kier alpha value is -2.48. The molecule has 2 heterocycles. The number of hydrogen-bond acceptors (Lipinski definition) is 5. The van der Waals surface area contributed by atoms with Gasteiger partial charge in [0.05, 0.1) is 6.54 Å². The molecular weight excluding hydrogens is 353 g/mol. The van der Waals surface area contributed by atoms with Crippen molar-refractivity contribution < 1.29 is 23.5 Å². The van der Waals surface area contributed by atoms with Gasteiger partial charge < -0.3 is 20.7 Å². The second-order valence-electron chi connectivity index (χ2n) is 7.47. The standard InChI is InChI=1S/C19H24FN3O4/c1-10(2)7-14(22-18(25)11-3-5-12(21)6-4-11)19(26)23-8-13(20)17-16(23)15(24)9-27-17/h3-6,10,13-14,16-17H,7-9,21H2,1-2H3,(H,22,25)/t13-,14-,16+,17+/m0/s1. The van der Waals surface area contributed by atoms with Crippen LogP contribution in [0, 0.1) is 5.92 Å². The maximum absolute atomic E-state index is 14.2. The van der Waals surface area contributed by atoms with Crippen LogP contribution in [0.25, 0.3) is 0 Å². The Morgan fingerprint density at radius 2 is 2.00 bits per heavy atom. The number of carbonyl (C=O) groups excluding carboxylic acids is 3. The number of hydrogen-bond donors (Lipinski definition) is 2. The number of fused-ring (bicyclic) bond motifs is 1. The molecule has 2 aliphatic rings. The molecule has 0 unspecified atom stereocenters. The Labute approximate surface area is 157 Å². The van der Waals surface area contributed by atoms with E-state index in [2.05, 4.69) is 5.32 Å². The highest BCUT2D eigenvalue weighted by molar-refractivity contribution is 5.99. The lowest BCUT2D eigenvalue weighted by Gasteiger charge is -2.28. The average Bonchev–Trinajstić information content (AvgIpc) is 3.15. The fourth-order valence-corrected chi connectivity index (χ4v) is 3.59. The highest BCUT2D eigenvalue weighted by Gasteiger charge is 2.53. The lowest BCUT2D eigenvalue weighted by Crippen LogP contribution is -2.52. The van der Waals surface area contributed by atoms with E-state index < -0.39 is 36.2 Å². The first-order valence-electron chi connectivity index (χ1n) is 9.03. The van der Waals surface area contributed by atoms with Crippen molar-refractivity contribution in [2.45, 2.75) is 44.6 Å². The summed E-state index contributed by atoms with van der Waals surface area (Å²) in [6.07, 6.45) is -1.94. The van der Waals surface area contributed by atoms with Crippen LogP contribution >= 0.6 is 0 Å². The molecule has 146 valence electrons. The molecule has 2 aliphatic heterocycles. The number of carbonyl (C=O) groups is 3. The van der Waals surface area contributed by atoms with Gasteiger partial charge in [0.15, 0.2) is 5.78 Å². The van der Waals surface area contributed by atoms with Crippen molar-refractivity contribution in [2.75, 3.05) is 18.9 Å². The summed E-state index contributed by atoms with van der Waals surface area (Å²) < 4.78 is 19.4. The molecule has 2 saturated heterocycles. The Morgan fingerprint density at radius 3 is 2.63 bits per heavy atom. The Bertz CT molecular complexity index is 737. The van der Waals surface area contributed by atoms with E-state index in [9.17, 15) is 18.8 Å². The fraction of sp³-hybridized carbons (Fsp3) is 0.526. The summed E-state index contributed by atoms with van der Waals surface area (Å²) in [7, 11) is 0. The maximum Gasteiger partial charge on any atom is 0.251 e. The zero-order chi connectivity index (χ0) is 19.7. The van der Waals surface area contributed by atoms with Crippen LogP contribution in [0.4, 0.5) is 10.1 Å². The molecule has 1 aromatic rings. The third kappa shape index (κ3) is 3.95. The van der Waals surface area contributed by atoms with Crippen LogP contribution < -0.4 is 11.1 Å². The summed E-state index contributed by atoms with van der Waals surface area (Å²) in [6, 6.07) is 4.58. The molecule has 27 heavy (non-hydrogen) atoms. The smallest absolute Gasteiger partial charge is 0.251 e. The summed E-state index contributed by atoms with van der Waals surface area (Å²) in [5.41, 5.74) is 6.52. The van der Waals surface area contributed by atoms with E-state index in [1.54, 1.807) is 24.3 Å². The van der Waals surface area contributed by atoms with E-state index in [-0.39, 0.29) is 24.9 Å². The minimum absolute atomic E-state index is 0.112.